The Morgan fingerprint density at radius 3 is 2.49 bits per heavy atom. The molecular weight excluding hydrogens is 619 g/mol. The predicted octanol–water partition coefficient (Wildman–Crippen LogP) is 5.74. The molecule has 1 spiro atoms. The number of hydrogen-bond acceptors (Lipinski definition) is 8. The van der Waals surface area contributed by atoms with Crippen LogP contribution in [0.1, 0.15) is 52.3 Å². The molecule has 9 nitrogen and oxygen atoms in total. The number of esters is 1. The molecule has 1 unspecified atom stereocenters. The number of nitrogens with zero attached hydrogens (tertiary/aromatic N) is 2. The number of hydrogen-bond donors (Lipinski definition) is 2. The third kappa shape index (κ3) is 5.46. The molecule has 0 bridgehead atoms. The van der Waals surface area contributed by atoms with Crippen LogP contribution >= 0.6 is 11.3 Å². The van der Waals surface area contributed by atoms with Crippen LogP contribution in [0.5, 0.6) is 0 Å². The van der Waals surface area contributed by atoms with Gasteiger partial charge in [0.25, 0.3) is 11.8 Å². The van der Waals surface area contributed by atoms with Gasteiger partial charge in [-0.15, -0.1) is 11.3 Å². The van der Waals surface area contributed by atoms with Gasteiger partial charge in [-0.1, -0.05) is 18.2 Å². The zero-order chi connectivity index (χ0) is 32.9. The van der Waals surface area contributed by atoms with Gasteiger partial charge in [-0.25, -0.2) is 9.18 Å². The zero-order valence-corrected chi connectivity index (χ0v) is 27.5. The number of halogens is 1. The predicted molar refractivity (Wildman–Crippen MR) is 179 cm³/mol. The van der Waals surface area contributed by atoms with Crippen LogP contribution < -0.4 is 15.5 Å². The van der Waals surface area contributed by atoms with Crippen molar-refractivity contribution in [2.45, 2.75) is 38.8 Å². The highest BCUT2D eigenvalue weighted by Gasteiger charge is 2.53. The molecule has 2 saturated heterocycles. The molecule has 2 N–H and O–H groups in total. The van der Waals surface area contributed by atoms with Crippen LogP contribution in [0, 0.1) is 11.2 Å². The number of allylic oxidation sites excluding steroid dienone is 3. The molecule has 7 rings (SSSR count). The van der Waals surface area contributed by atoms with Gasteiger partial charge in [-0.05, 0) is 75.6 Å². The summed E-state index contributed by atoms with van der Waals surface area (Å²) in [5.41, 5.74) is 3.95. The number of para-hydroxylation sites is 1. The lowest BCUT2D eigenvalue weighted by Crippen LogP contribution is -2.71. The SMILES string of the molecule is COC(=O)c1sc2c(c1F)CCN(C(=O)c1ccc(NC(=O)C3=CC=C(C)NC3(C)N3CC4(CCOCC4)C3)cc1)c1ccccc1-2. The number of benzene rings is 2. The minimum atomic E-state index is -0.714. The fraction of sp³-hybridized carbons (Fsp3) is 0.361. The Balaban J connectivity index is 1.08. The van der Waals surface area contributed by atoms with Crippen LogP contribution in [-0.2, 0) is 20.7 Å². The van der Waals surface area contributed by atoms with E-state index in [-0.39, 0.29) is 35.1 Å². The molecule has 3 aromatic rings. The van der Waals surface area contributed by atoms with E-state index in [4.69, 9.17) is 9.47 Å². The minimum absolute atomic E-state index is 0.0657. The van der Waals surface area contributed by atoms with Gasteiger partial charge in [0, 0.05) is 71.2 Å². The smallest absolute Gasteiger partial charge is 0.351 e. The van der Waals surface area contributed by atoms with Crippen LogP contribution in [-0.4, -0.2) is 68.3 Å². The summed E-state index contributed by atoms with van der Waals surface area (Å²) < 4.78 is 25.7. The summed E-state index contributed by atoms with van der Waals surface area (Å²) in [4.78, 5) is 44.3. The Labute approximate surface area is 277 Å². The monoisotopic (exact) mass is 656 g/mol. The van der Waals surface area contributed by atoms with Crippen molar-refractivity contribution >= 4 is 40.5 Å². The van der Waals surface area contributed by atoms with Gasteiger partial charge in [0.05, 0.1) is 18.4 Å². The minimum Gasteiger partial charge on any atom is -0.465 e. The first-order chi connectivity index (χ1) is 22.6. The summed E-state index contributed by atoms with van der Waals surface area (Å²) in [5, 5.41) is 6.59. The lowest BCUT2D eigenvalue weighted by atomic mass is 9.71. The van der Waals surface area contributed by atoms with Gasteiger partial charge in [0.1, 0.15) is 10.5 Å². The first kappa shape index (κ1) is 31.3. The fourth-order valence-corrected chi connectivity index (χ4v) is 8.41. The van der Waals surface area contributed by atoms with E-state index in [0.29, 0.717) is 38.5 Å². The number of nitrogens with one attached hydrogen (secondary N) is 2. The van der Waals surface area contributed by atoms with Crippen molar-refractivity contribution in [1.82, 2.24) is 10.2 Å². The highest BCUT2D eigenvalue weighted by Crippen LogP contribution is 2.46. The maximum absolute atomic E-state index is 15.3. The number of rotatable bonds is 5. The highest BCUT2D eigenvalue weighted by atomic mass is 32.1. The largest absolute Gasteiger partial charge is 0.465 e. The molecule has 2 amide bonds. The van der Waals surface area contributed by atoms with Crippen LogP contribution in [0.25, 0.3) is 10.4 Å². The van der Waals surface area contributed by atoms with Crippen molar-refractivity contribution < 1.29 is 28.2 Å². The van der Waals surface area contributed by atoms with E-state index in [0.717, 1.165) is 56.2 Å². The molecule has 2 aromatic carbocycles. The quantitative estimate of drug-likeness (QED) is 0.338. The maximum atomic E-state index is 15.3. The van der Waals surface area contributed by atoms with Gasteiger partial charge >= 0.3 is 5.97 Å². The lowest BCUT2D eigenvalue weighted by molar-refractivity contribution is -0.128. The number of carbonyl (C=O) groups excluding carboxylic acids is 3. The summed E-state index contributed by atoms with van der Waals surface area (Å²) in [7, 11) is 1.23. The number of amides is 2. The average Bonchev–Trinajstić information content (AvgIpc) is 3.29. The van der Waals surface area contributed by atoms with Gasteiger partial charge in [-0.3, -0.25) is 14.5 Å². The Bertz CT molecular complexity index is 1820. The molecule has 0 radical (unpaired) electrons. The first-order valence-corrected chi connectivity index (χ1v) is 16.7. The summed E-state index contributed by atoms with van der Waals surface area (Å²) in [6.07, 6.45) is 6.12. The van der Waals surface area contributed by atoms with E-state index in [1.165, 1.54) is 7.11 Å². The second-order valence-electron chi connectivity index (χ2n) is 12.9. The van der Waals surface area contributed by atoms with Crippen molar-refractivity contribution in [2.24, 2.45) is 5.41 Å². The number of thiophene rings is 1. The van der Waals surface area contributed by atoms with E-state index in [9.17, 15) is 14.4 Å². The number of fused-ring (bicyclic) bond motifs is 3. The van der Waals surface area contributed by atoms with Crippen molar-refractivity contribution in [3.8, 4) is 10.4 Å². The normalized spacial score (nSPS) is 21.7. The lowest BCUT2D eigenvalue weighted by Gasteiger charge is -2.59. The molecule has 4 aliphatic heterocycles. The summed E-state index contributed by atoms with van der Waals surface area (Å²) in [5.74, 6) is -1.76. The third-order valence-electron chi connectivity index (χ3n) is 9.92. The zero-order valence-electron chi connectivity index (χ0n) is 26.7. The van der Waals surface area contributed by atoms with Crippen molar-refractivity contribution in [1.29, 1.82) is 0 Å². The Kier molecular flexibility index (Phi) is 8.02. The molecule has 4 aliphatic rings. The topological polar surface area (TPSA) is 100 Å². The second kappa shape index (κ2) is 12.0. The number of carbonyl (C=O) groups is 3. The molecular formula is C36H37FN4O5S. The van der Waals surface area contributed by atoms with Gasteiger partial charge < -0.3 is 25.0 Å². The van der Waals surface area contributed by atoms with Crippen molar-refractivity contribution in [3.63, 3.8) is 0 Å². The molecule has 1 atom stereocenters. The third-order valence-corrected chi connectivity index (χ3v) is 11.1. The second-order valence-corrected chi connectivity index (χ2v) is 13.9. The molecule has 2 fully saturated rings. The fourth-order valence-electron chi connectivity index (χ4n) is 7.23. The first-order valence-electron chi connectivity index (χ1n) is 15.8. The Morgan fingerprint density at radius 1 is 1.04 bits per heavy atom. The number of anilines is 2. The van der Waals surface area contributed by atoms with Crippen LogP contribution in [0.3, 0.4) is 0 Å². The number of likely N-dealkylation sites (tertiary alicyclic amines) is 1. The van der Waals surface area contributed by atoms with Gasteiger partial charge in [0.2, 0.25) is 0 Å². The summed E-state index contributed by atoms with van der Waals surface area (Å²) in [6, 6.07) is 14.2. The molecule has 244 valence electrons. The molecule has 47 heavy (non-hydrogen) atoms. The van der Waals surface area contributed by atoms with E-state index >= 15 is 4.39 Å². The summed E-state index contributed by atoms with van der Waals surface area (Å²) in [6.45, 7) is 7.67. The Morgan fingerprint density at radius 2 is 1.77 bits per heavy atom. The van der Waals surface area contributed by atoms with Crippen molar-refractivity contribution in [3.05, 3.63) is 93.8 Å². The van der Waals surface area contributed by atoms with E-state index in [1.54, 1.807) is 29.2 Å². The number of ether oxygens (including phenoxy) is 2. The standard InChI is InChI=1S/C36H37FN4O5S/c1-22-8-13-27(35(2,39-22)40-20-36(21-40)15-18-46-19-16-36)32(42)38-24-11-9-23(10-12-24)33(43)41-17-14-26-29(37)31(34(44)45-3)47-30(26)25-6-4-5-7-28(25)41/h4-13,39H,14-21H2,1-3H3,(H,38,42). The highest BCUT2D eigenvalue weighted by molar-refractivity contribution is 7.17. The molecule has 0 saturated carbocycles. The van der Waals surface area contributed by atoms with Crippen LogP contribution in [0.2, 0.25) is 0 Å². The molecule has 0 aliphatic carbocycles. The van der Waals surface area contributed by atoms with Crippen LogP contribution in [0.15, 0.2) is 72.0 Å². The van der Waals surface area contributed by atoms with Gasteiger partial charge in [-0.2, -0.15) is 0 Å². The average molecular weight is 657 g/mol. The number of dihydropyridines is 1. The van der Waals surface area contributed by atoms with Crippen molar-refractivity contribution in [2.75, 3.05) is 50.2 Å². The van der Waals surface area contributed by atoms with Crippen LogP contribution in [0.4, 0.5) is 15.8 Å². The molecule has 5 heterocycles. The molecule has 11 heteroatoms. The Hall–Kier alpha value is -4.32. The maximum Gasteiger partial charge on any atom is 0.351 e. The number of methoxy groups -OCH3 is 1. The summed E-state index contributed by atoms with van der Waals surface area (Å²) >= 11 is 1.04. The van der Waals surface area contributed by atoms with Gasteiger partial charge in [0.15, 0.2) is 5.82 Å². The molecule has 1 aromatic heterocycles. The van der Waals surface area contributed by atoms with E-state index in [2.05, 4.69) is 22.5 Å². The van der Waals surface area contributed by atoms with E-state index < -0.39 is 17.4 Å². The van der Waals surface area contributed by atoms with E-state index in [1.807, 2.05) is 43.3 Å².